The van der Waals surface area contributed by atoms with Crippen molar-refractivity contribution in [2.75, 3.05) is 0 Å². The summed E-state index contributed by atoms with van der Waals surface area (Å²) in [5.41, 5.74) is 0. The largest absolute Gasteiger partial charge is 0.478 e. The maximum atomic E-state index is 9.63. The fraction of sp³-hybridized carbons (Fsp3) is 0. The zero-order chi connectivity index (χ0) is 7.71. The van der Waals surface area contributed by atoms with Crippen molar-refractivity contribution in [3.63, 3.8) is 0 Å². The van der Waals surface area contributed by atoms with E-state index in [0.717, 1.165) is 0 Å². The molecule has 0 saturated heterocycles. The molecule has 10 heteroatoms. The Labute approximate surface area is 96.3 Å². The molecule has 0 aliphatic carbocycles. The predicted octanol–water partition coefficient (Wildman–Crippen LogP) is -1.19. The van der Waals surface area contributed by atoms with Crippen LogP contribution in [-0.2, 0) is 13.4 Å². The Bertz CT molecular complexity index is 152. The van der Waals surface area contributed by atoms with E-state index in [1.165, 1.54) is 0 Å². The van der Waals surface area contributed by atoms with Crippen molar-refractivity contribution in [3.8, 4) is 0 Å². The van der Waals surface area contributed by atoms with Gasteiger partial charge in [0, 0.05) is 48.9 Å². The molecule has 7 nitrogen and oxygen atoms in total. The van der Waals surface area contributed by atoms with E-state index in [1.54, 1.807) is 0 Å². The summed E-state index contributed by atoms with van der Waals surface area (Å²) in [5.74, 6) is 0. The van der Waals surface area contributed by atoms with Crippen molar-refractivity contribution in [2.45, 2.75) is 0 Å². The molecule has 0 amide bonds. The summed E-state index contributed by atoms with van der Waals surface area (Å²) in [4.78, 5) is 31.0. The van der Waals surface area contributed by atoms with Crippen LogP contribution in [0.1, 0.15) is 0 Å². The third kappa shape index (κ3) is 12.5. The van der Waals surface area contributed by atoms with Crippen LogP contribution in [0, 0.1) is 0 Å². The molecule has 0 aromatic carbocycles. The van der Waals surface area contributed by atoms with Crippen molar-refractivity contribution in [1.82, 2.24) is 0 Å². The van der Waals surface area contributed by atoms with Crippen LogP contribution in [0.2, 0.25) is 0 Å². The van der Waals surface area contributed by atoms with Crippen molar-refractivity contribution >= 4 is 64.5 Å². The van der Waals surface area contributed by atoms with Crippen molar-refractivity contribution < 1.29 is 33.0 Å². The second kappa shape index (κ2) is 4.76. The molecule has 2 radical (unpaired) electrons. The molecular formula is H4BaO7P2. The Morgan fingerprint density at radius 2 is 1.10 bits per heavy atom. The molecule has 10 heavy (non-hydrogen) atoms. The zero-order valence-corrected chi connectivity index (χ0v) is 10.8. The van der Waals surface area contributed by atoms with E-state index in [1.807, 2.05) is 0 Å². The number of phosphoric acid groups is 2. The maximum absolute atomic E-state index is 9.63. The van der Waals surface area contributed by atoms with Gasteiger partial charge < -0.3 is 19.6 Å². The molecule has 0 spiro atoms. The zero-order valence-electron chi connectivity index (χ0n) is 4.62. The molecule has 0 bridgehead atoms. The molecule has 0 unspecified atom stereocenters. The van der Waals surface area contributed by atoms with Gasteiger partial charge in [-0.1, -0.05) is 0 Å². The number of hydrogen-bond acceptors (Lipinski definition) is 3. The first-order valence-corrected chi connectivity index (χ1v) is 4.59. The fourth-order valence-electron chi connectivity index (χ4n) is 0.139. The molecule has 58 valence electrons. The first kappa shape index (κ1) is 14.4. The van der Waals surface area contributed by atoms with E-state index in [0.29, 0.717) is 0 Å². The van der Waals surface area contributed by atoms with Crippen molar-refractivity contribution in [1.29, 1.82) is 0 Å². The molecule has 0 aromatic heterocycles. The monoisotopic (exact) mass is 316 g/mol. The van der Waals surface area contributed by atoms with E-state index < -0.39 is 15.6 Å². The van der Waals surface area contributed by atoms with Crippen molar-refractivity contribution in [2.24, 2.45) is 0 Å². The average Bonchev–Trinajstić information content (AvgIpc) is 1.14. The summed E-state index contributed by atoms with van der Waals surface area (Å²) in [6.45, 7) is 0. The van der Waals surface area contributed by atoms with E-state index in [4.69, 9.17) is 19.6 Å². The second-order valence-corrected chi connectivity index (χ2v) is 3.68. The molecule has 4 N–H and O–H groups in total. The van der Waals surface area contributed by atoms with Crippen LogP contribution in [0.4, 0.5) is 0 Å². The minimum atomic E-state index is -5.05. The Kier molecular flexibility index (Phi) is 6.83. The van der Waals surface area contributed by atoms with E-state index in [-0.39, 0.29) is 48.9 Å². The van der Waals surface area contributed by atoms with Crippen LogP contribution in [-0.4, -0.2) is 68.5 Å². The molecule has 0 atom stereocenters. The summed E-state index contributed by atoms with van der Waals surface area (Å²) < 4.78 is 22.2. The molecule has 0 fully saturated rings. The number of rotatable bonds is 2. The Morgan fingerprint density at radius 3 is 1.10 bits per heavy atom. The summed E-state index contributed by atoms with van der Waals surface area (Å²) in [6.07, 6.45) is 0. The summed E-state index contributed by atoms with van der Waals surface area (Å²) in [6, 6.07) is 0. The van der Waals surface area contributed by atoms with Crippen LogP contribution in [0.5, 0.6) is 0 Å². The van der Waals surface area contributed by atoms with Gasteiger partial charge in [-0.2, -0.15) is 4.31 Å². The first-order valence-electron chi connectivity index (χ1n) is 1.53. The van der Waals surface area contributed by atoms with Gasteiger partial charge in [0.25, 0.3) is 0 Å². The summed E-state index contributed by atoms with van der Waals surface area (Å²) in [7, 11) is -10.1. The van der Waals surface area contributed by atoms with Gasteiger partial charge in [-0.05, 0) is 0 Å². The van der Waals surface area contributed by atoms with Crippen LogP contribution in [0.25, 0.3) is 0 Å². The molecule has 0 heterocycles. The average molecular weight is 315 g/mol. The maximum Gasteiger partial charge on any atom is 0.478 e. The van der Waals surface area contributed by atoms with E-state index in [9.17, 15) is 9.13 Å². The third-order valence-corrected chi connectivity index (χ3v) is 1.91. The topological polar surface area (TPSA) is 124 Å². The van der Waals surface area contributed by atoms with Gasteiger partial charge >= 0.3 is 15.6 Å². The standard InChI is InChI=1S/Ba.H4O7P2/c;1-8(2,3)7-9(4,5)6/h;(H2,1,2,3)(H2,4,5,6). The van der Waals surface area contributed by atoms with Gasteiger partial charge in [-0.25, -0.2) is 9.13 Å². The first-order chi connectivity index (χ1) is 3.71. The molecule has 0 aromatic rings. The smallest absolute Gasteiger partial charge is 0.302 e. The molecular weight excluding hydrogens is 311 g/mol. The van der Waals surface area contributed by atoms with Crippen molar-refractivity contribution in [3.05, 3.63) is 0 Å². The normalized spacial score (nSPS) is 12.4. The summed E-state index contributed by atoms with van der Waals surface area (Å²) >= 11 is 0. The summed E-state index contributed by atoms with van der Waals surface area (Å²) in [5, 5.41) is 0. The van der Waals surface area contributed by atoms with E-state index >= 15 is 0 Å². The molecule has 0 rings (SSSR count). The van der Waals surface area contributed by atoms with Gasteiger partial charge in [-0.15, -0.1) is 0 Å². The quantitative estimate of drug-likeness (QED) is 0.373. The van der Waals surface area contributed by atoms with Gasteiger partial charge in [0.05, 0.1) is 0 Å². The predicted molar refractivity (Wildman–Crippen MR) is 30.9 cm³/mol. The fourth-order valence-corrected chi connectivity index (χ4v) is 1.25. The molecule has 0 aliphatic heterocycles. The van der Waals surface area contributed by atoms with E-state index in [2.05, 4.69) is 4.31 Å². The van der Waals surface area contributed by atoms with Crippen LogP contribution < -0.4 is 0 Å². The van der Waals surface area contributed by atoms with Gasteiger partial charge in [0.15, 0.2) is 0 Å². The van der Waals surface area contributed by atoms with Crippen LogP contribution in [0.15, 0.2) is 0 Å². The van der Waals surface area contributed by atoms with Gasteiger partial charge in [0.1, 0.15) is 0 Å². The third-order valence-electron chi connectivity index (χ3n) is 0.213. The minimum Gasteiger partial charge on any atom is -0.302 e. The number of hydrogen-bond donors (Lipinski definition) is 4. The minimum absolute atomic E-state index is 0. The molecule has 0 saturated carbocycles. The molecule has 0 aliphatic rings. The Hall–Kier alpha value is 1.83. The second-order valence-electron chi connectivity index (χ2n) is 1.06. The van der Waals surface area contributed by atoms with Gasteiger partial charge in [-0.3, -0.25) is 0 Å². The SMILES string of the molecule is O=P(O)(O)OP(=O)(O)O.[Ba]. The Morgan fingerprint density at radius 1 is 0.900 bits per heavy atom. The van der Waals surface area contributed by atoms with Gasteiger partial charge in [0.2, 0.25) is 0 Å². The van der Waals surface area contributed by atoms with Crippen LogP contribution in [0.3, 0.4) is 0 Å². The van der Waals surface area contributed by atoms with Crippen LogP contribution >= 0.6 is 15.6 Å². The Balaban J connectivity index is 0.